The van der Waals surface area contributed by atoms with Crippen LogP contribution in [-0.2, 0) is 4.79 Å². The summed E-state index contributed by atoms with van der Waals surface area (Å²) in [5.74, 6) is 3.03. The van der Waals surface area contributed by atoms with Gasteiger partial charge in [0.1, 0.15) is 6.29 Å². The Morgan fingerprint density at radius 2 is 1.86 bits per heavy atom. The highest BCUT2D eigenvalue weighted by molar-refractivity contribution is 5.73. The number of fused-ring (bicyclic) bond motifs is 5. The molecule has 0 radical (unpaired) electrons. The molecule has 0 heterocycles. The van der Waals surface area contributed by atoms with Crippen LogP contribution in [-0.4, -0.2) is 17.5 Å². The van der Waals surface area contributed by atoms with Crippen LogP contribution in [0.15, 0.2) is 11.6 Å². The van der Waals surface area contributed by atoms with Gasteiger partial charge in [-0.3, -0.25) is 4.79 Å². The highest BCUT2D eigenvalue weighted by Gasteiger charge is 2.59. The molecule has 4 rings (SSSR count). The van der Waals surface area contributed by atoms with Gasteiger partial charge in [0.05, 0.1) is 6.10 Å². The first-order valence-electron chi connectivity index (χ1n) is 9.31. The van der Waals surface area contributed by atoms with Crippen LogP contribution in [0.5, 0.6) is 0 Å². The van der Waals surface area contributed by atoms with E-state index in [0.717, 1.165) is 48.9 Å². The minimum atomic E-state index is -0.0826. The molecule has 0 spiro atoms. The summed E-state index contributed by atoms with van der Waals surface area (Å²) in [5, 5.41) is 10.5. The third-order valence-electron chi connectivity index (χ3n) is 8.42. The number of carbonyl (C=O) groups is 1. The molecule has 0 saturated heterocycles. The van der Waals surface area contributed by atoms with Gasteiger partial charge in [-0.05, 0) is 91.4 Å². The predicted molar refractivity (Wildman–Crippen MR) is 87.3 cm³/mol. The maximum absolute atomic E-state index is 11.3. The first-order valence-corrected chi connectivity index (χ1v) is 9.31. The molecule has 0 amide bonds. The second kappa shape index (κ2) is 4.93. The van der Waals surface area contributed by atoms with E-state index in [9.17, 15) is 9.90 Å². The Kier molecular flexibility index (Phi) is 3.35. The SMILES string of the molecule is CC12CCC3C(CCC4CC=C(C=O)CC43C)C1CCC2O. The Morgan fingerprint density at radius 1 is 1.09 bits per heavy atom. The minimum Gasteiger partial charge on any atom is -0.393 e. The molecule has 7 atom stereocenters. The monoisotopic (exact) mass is 302 g/mol. The summed E-state index contributed by atoms with van der Waals surface area (Å²) >= 11 is 0. The molecule has 7 unspecified atom stereocenters. The summed E-state index contributed by atoms with van der Waals surface area (Å²) in [5.41, 5.74) is 1.53. The standard InChI is InChI=1S/C20H30O2/c1-19-10-9-17-15(16(19)7-8-18(19)22)6-5-14-4-3-13(12-21)11-20(14,17)2/h3,12,14-18,22H,4-11H2,1-2H3. The fourth-order valence-corrected chi connectivity index (χ4v) is 7.07. The van der Waals surface area contributed by atoms with Crippen molar-refractivity contribution in [3.8, 4) is 0 Å². The molecule has 3 saturated carbocycles. The van der Waals surface area contributed by atoms with E-state index < -0.39 is 0 Å². The normalized spacial score (nSPS) is 54.0. The third-order valence-corrected chi connectivity index (χ3v) is 8.42. The van der Waals surface area contributed by atoms with Gasteiger partial charge in [0.15, 0.2) is 0 Å². The summed E-state index contributed by atoms with van der Waals surface area (Å²) in [4.78, 5) is 11.3. The second-order valence-electron chi connectivity index (χ2n) is 9.10. The van der Waals surface area contributed by atoms with Crippen LogP contribution in [0.3, 0.4) is 0 Å². The van der Waals surface area contributed by atoms with E-state index in [1.54, 1.807) is 0 Å². The van der Waals surface area contributed by atoms with E-state index in [1.165, 1.54) is 32.1 Å². The summed E-state index contributed by atoms with van der Waals surface area (Å²) < 4.78 is 0. The molecule has 0 aromatic heterocycles. The smallest absolute Gasteiger partial charge is 0.145 e. The highest BCUT2D eigenvalue weighted by Crippen LogP contribution is 2.65. The van der Waals surface area contributed by atoms with Gasteiger partial charge in [-0.1, -0.05) is 19.9 Å². The van der Waals surface area contributed by atoms with Gasteiger partial charge in [0, 0.05) is 0 Å². The van der Waals surface area contributed by atoms with E-state index in [-0.39, 0.29) is 11.5 Å². The fraction of sp³-hybridized carbons (Fsp3) is 0.850. The lowest BCUT2D eigenvalue weighted by Crippen LogP contribution is -2.53. The molecule has 2 nitrogen and oxygen atoms in total. The Labute approximate surface area is 134 Å². The van der Waals surface area contributed by atoms with Crippen LogP contribution < -0.4 is 0 Å². The van der Waals surface area contributed by atoms with Gasteiger partial charge in [-0.15, -0.1) is 0 Å². The van der Waals surface area contributed by atoms with Gasteiger partial charge < -0.3 is 5.11 Å². The summed E-state index contributed by atoms with van der Waals surface area (Å²) in [7, 11) is 0. The Bertz CT molecular complexity index is 510. The second-order valence-corrected chi connectivity index (χ2v) is 9.10. The molecule has 122 valence electrons. The summed E-state index contributed by atoms with van der Waals surface area (Å²) in [6, 6.07) is 0. The maximum Gasteiger partial charge on any atom is 0.145 e. The quantitative estimate of drug-likeness (QED) is 0.740. The van der Waals surface area contributed by atoms with E-state index in [0.29, 0.717) is 11.3 Å². The van der Waals surface area contributed by atoms with Crippen LogP contribution in [0.4, 0.5) is 0 Å². The lowest BCUT2D eigenvalue weighted by atomic mass is 9.45. The van der Waals surface area contributed by atoms with E-state index in [2.05, 4.69) is 19.9 Å². The third kappa shape index (κ3) is 1.85. The first-order chi connectivity index (χ1) is 10.5. The maximum atomic E-state index is 11.3. The molecule has 0 aromatic carbocycles. The van der Waals surface area contributed by atoms with Crippen LogP contribution in [0.1, 0.15) is 65.2 Å². The van der Waals surface area contributed by atoms with Gasteiger partial charge in [0.2, 0.25) is 0 Å². The largest absolute Gasteiger partial charge is 0.393 e. The van der Waals surface area contributed by atoms with Crippen molar-refractivity contribution in [3.05, 3.63) is 11.6 Å². The van der Waals surface area contributed by atoms with Crippen molar-refractivity contribution < 1.29 is 9.90 Å². The highest BCUT2D eigenvalue weighted by atomic mass is 16.3. The van der Waals surface area contributed by atoms with Gasteiger partial charge in [-0.25, -0.2) is 0 Å². The molecule has 22 heavy (non-hydrogen) atoms. The van der Waals surface area contributed by atoms with Crippen LogP contribution in [0.2, 0.25) is 0 Å². The van der Waals surface area contributed by atoms with Crippen LogP contribution >= 0.6 is 0 Å². The Balaban J connectivity index is 1.66. The summed E-state index contributed by atoms with van der Waals surface area (Å²) in [6.45, 7) is 4.82. The van der Waals surface area contributed by atoms with Gasteiger partial charge >= 0.3 is 0 Å². The number of allylic oxidation sites excluding steroid dienone is 2. The average molecular weight is 302 g/mol. The number of hydrogen-bond acceptors (Lipinski definition) is 2. The number of carbonyl (C=O) groups excluding carboxylic acids is 1. The molecule has 1 N–H and O–H groups in total. The number of aldehydes is 1. The van der Waals surface area contributed by atoms with Crippen molar-refractivity contribution in [3.63, 3.8) is 0 Å². The van der Waals surface area contributed by atoms with Gasteiger partial charge in [-0.2, -0.15) is 0 Å². The minimum absolute atomic E-state index is 0.0826. The first kappa shape index (κ1) is 14.9. The Hall–Kier alpha value is -0.630. The zero-order valence-corrected chi connectivity index (χ0v) is 14.1. The van der Waals surface area contributed by atoms with Crippen molar-refractivity contribution in [1.82, 2.24) is 0 Å². The topological polar surface area (TPSA) is 37.3 Å². The molecular weight excluding hydrogens is 272 g/mol. The van der Waals surface area contributed by atoms with Gasteiger partial charge in [0.25, 0.3) is 0 Å². The lowest BCUT2D eigenvalue weighted by Gasteiger charge is -2.59. The molecule has 0 aliphatic heterocycles. The molecule has 0 bridgehead atoms. The van der Waals surface area contributed by atoms with Crippen LogP contribution in [0.25, 0.3) is 0 Å². The molecule has 0 aromatic rings. The zero-order chi connectivity index (χ0) is 15.5. The van der Waals surface area contributed by atoms with Crippen molar-refractivity contribution in [1.29, 1.82) is 0 Å². The molecular formula is C20H30O2. The van der Waals surface area contributed by atoms with Crippen LogP contribution in [0, 0.1) is 34.5 Å². The van der Waals surface area contributed by atoms with E-state index >= 15 is 0 Å². The fourth-order valence-electron chi connectivity index (χ4n) is 7.07. The molecule has 2 heteroatoms. The lowest BCUT2D eigenvalue weighted by molar-refractivity contribution is -0.115. The van der Waals surface area contributed by atoms with Crippen molar-refractivity contribution in [2.24, 2.45) is 34.5 Å². The number of rotatable bonds is 1. The molecule has 4 aliphatic rings. The van der Waals surface area contributed by atoms with E-state index in [4.69, 9.17) is 0 Å². The van der Waals surface area contributed by atoms with Crippen molar-refractivity contribution in [2.45, 2.75) is 71.3 Å². The van der Waals surface area contributed by atoms with Crippen molar-refractivity contribution in [2.75, 3.05) is 0 Å². The van der Waals surface area contributed by atoms with Crippen molar-refractivity contribution >= 4 is 6.29 Å². The molecule has 4 aliphatic carbocycles. The summed E-state index contributed by atoms with van der Waals surface area (Å²) in [6.07, 6.45) is 12.7. The number of aliphatic hydroxyl groups excluding tert-OH is 1. The average Bonchev–Trinajstić information content (AvgIpc) is 2.81. The Morgan fingerprint density at radius 3 is 2.64 bits per heavy atom. The zero-order valence-electron chi connectivity index (χ0n) is 14.1. The predicted octanol–water partition coefficient (Wildman–Crippen LogP) is 4.13. The molecule has 3 fully saturated rings. The van der Waals surface area contributed by atoms with E-state index in [1.807, 2.05) is 0 Å². The number of aliphatic hydroxyl groups is 1. The number of hydrogen-bond donors (Lipinski definition) is 1.